The monoisotopic (exact) mass is 631 g/mol. The molecule has 13 nitrogen and oxygen atoms in total. The van der Waals surface area contributed by atoms with Crippen molar-refractivity contribution in [3.63, 3.8) is 0 Å². The van der Waals surface area contributed by atoms with Crippen molar-refractivity contribution in [2.75, 3.05) is 84.8 Å². The number of rotatable bonds is 10. The first kappa shape index (κ1) is 35.3. The second kappa shape index (κ2) is 20.7. The predicted octanol–water partition coefficient (Wildman–Crippen LogP) is 2.79. The number of pyridine rings is 2. The number of thioether (sulfide) groups is 1. The van der Waals surface area contributed by atoms with Gasteiger partial charge in [0.15, 0.2) is 0 Å². The molecule has 2 aromatic heterocycles. The molecule has 1 aliphatic rings. The van der Waals surface area contributed by atoms with Crippen molar-refractivity contribution in [3.8, 4) is 5.40 Å². The van der Waals surface area contributed by atoms with Crippen LogP contribution in [-0.4, -0.2) is 127 Å². The van der Waals surface area contributed by atoms with Crippen LogP contribution in [0.5, 0.6) is 0 Å². The van der Waals surface area contributed by atoms with Gasteiger partial charge in [-0.25, -0.2) is 19.6 Å². The van der Waals surface area contributed by atoms with E-state index in [9.17, 15) is 19.8 Å². The summed E-state index contributed by atoms with van der Waals surface area (Å²) >= 11 is 1.20. The molecule has 0 radical (unpaired) electrons. The molecule has 0 saturated carbocycles. The zero-order valence-electron chi connectivity index (χ0n) is 24.8. The van der Waals surface area contributed by atoms with E-state index >= 15 is 0 Å². The van der Waals surface area contributed by atoms with Crippen LogP contribution < -0.4 is 0 Å². The number of hydrogen-bond donors (Lipinski definition) is 2. The minimum Gasteiger partial charge on any atom is -0.477 e. The van der Waals surface area contributed by atoms with E-state index in [4.69, 9.17) is 24.2 Å². The van der Waals surface area contributed by atoms with Gasteiger partial charge in [0, 0.05) is 38.5 Å². The van der Waals surface area contributed by atoms with E-state index in [2.05, 4.69) is 25.2 Å². The Hall–Kier alpha value is -3.16. The Morgan fingerprint density at radius 3 is 1.93 bits per heavy atom. The number of ether oxygens (including phenoxy) is 4. The predicted molar refractivity (Wildman–Crippen MR) is 163 cm³/mol. The SMILES string of the molecule is N#CSCCCC(c1cccc(C(=O)O)n1)N1CCOCCOCCN(Cc2cccc(C(=O)O)n2)CCOCCOCC1. The zero-order valence-corrected chi connectivity index (χ0v) is 25.7. The van der Waals surface area contributed by atoms with Crippen LogP contribution in [0.2, 0.25) is 0 Å². The van der Waals surface area contributed by atoms with Crippen molar-refractivity contribution in [2.24, 2.45) is 0 Å². The molecule has 1 fully saturated rings. The molecule has 14 heteroatoms. The molecule has 2 N–H and O–H groups in total. The fourth-order valence-corrected chi connectivity index (χ4v) is 5.07. The lowest BCUT2D eigenvalue weighted by atomic mass is 10.0. The van der Waals surface area contributed by atoms with E-state index in [1.54, 1.807) is 18.2 Å². The summed E-state index contributed by atoms with van der Waals surface area (Å²) in [6, 6.07) is 9.82. The van der Waals surface area contributed by atoms with Crippen molar-refractivity contribution in [1.29, 1.82) is 5.26 Å². The number of nitrogens with zero attached hydrogens (tertiary/aromatic N) is 5. The molecule has 44 heavy (non-hydrogen) atoms. The maximum absolute atomic E-state index is 11.6. The molecule has 0 amide bonds. The number of nitriles is 1. The van der Waals surface area contributed by atoms with Gasteiger partial charge in [-0.1, -0.05) is 12.1 Å². The smallest absolute Gasteiger partial charge is 0.354 e. The number of carbonyl (C=O) groups is 2. The lowest BCUT2D eigenvalue weighted by molar-refractivity contribution is 0.000399. The summed E-state index contributed by atoms with van der Waals surface area (Å²) < 4.78 is 23.4. The highest BCUT2D eigenvalue weighted by molar-refractivity contribution is 8.03. The summed E-state index contributed by atoms with van der Waals surface area (Å²) in [5.41, 5.74) is 1.33. The number of carboxylic acid groups (broad SMARTS) is 2. The quantitative estimate of drug-likeness (QED) is 0.290. The van der Waals surface area contributed by atoms with Gasteiger partial charge in [0.05, 0.1) is 70.3 Å². The van der Waals surface area contributed by atoms with Crippen LogP contribution in [0.15, 0.2) is 36.4 Å². The molecule has 1 atom stereocenters. The Bertz CT molecular complexity index is 1180. The third-order valence-corrected chi connectivity index (χ3v) is 7.49. The van der Waals surface area contributed by atoms with Gasteiger partial charge in [-0.15, -0.1) is 0 Å². The van der Waals surface area contributed by atoms with E-state index in [1.807, 2.05) is 6.07 Å². The van der Waals surface area contributed by atoms with Crippen LogP contribution in [0.3, 0.4) is 0 Å². The Kier molecular flexibility index (Phi) is 16.6. The van der Waals surface area contributed by atoms with Gasteiger partial charge in [-0.05, 0) is 48.9 Å². The molecular formula is C30H41N5O8S. The molecular weight excluding hydrogens is 590 g/mol. The van der Waals surface area contributed by atoms with Crippen LogP contribution in [-0.2, 0) is 25.5 Å². The Labute approximate surface area is 262 Å². The maximum Gasteiger partial charge on any atom is 0.354 e. The molecule has 0 bridgehead atoms. The average molecular weight is 632 g/mol. The highest BCUT2D eigenvalue weighted by atomic mass is 32.2. The van der Waals surface area contributed by atoms with Crippen molar-refractivity contribution in [1.82, 2.24) is 19.8 Å². The van der Waals surface area contributed by atoms with Gasteiger partial charge >= 0.3 is 11.9 Å². The summed E-state index contributed by atoms with van der Waals surface area (Å²) in [6.07, 6.45) is 1.46. The molecule has 3 heterocycles. The fourth-order valence-electron chi connectivity index (χ4n) is 4.67. The number of thiocyanates is 1. The van der Waals surface area contributed by atoms with E-state index in [0.717, 1.165) is 6.42 Å². The molecule has 240 valence electrons. The Morgan fingerprint density at radius 1 is 0.818 bits per heavy atom. The first-order valence-corrected chi connectivity index (χ1v) is 15.6. The van der Waals surface area contributed by atoms with Crippen molar-refractivity contribution in [3.05, 3.63) is 59.2 Å². The molecule has 0 aromatic carbocycles. The van der Waals surface area contributed by atoms with E-state index in [0.29, 0.717) is 109 Å². The molecule has 1 saturated heterocycles. The van der Waals surface area contributed by atoms with Gasteiger partial charge in [0.25, 0.3) is 0 Å². The molecule has 3 rings (SSSR count). The van der Waals surface area contributed by atoms with E-state index in [1.165, 1.54) is 23.9 Å². The number of aromatic nitrogens is 2. The standard InChI is InChI=1S/C30H41N5O8S/c31-23-44-21-3-8-28(25-5-2-7-27(33-25)30(38)39)35-11-15-42-19-17-40-13-9-34(10-14-41-18-20-43-16-12-35)22-24-4-1-6-26(32-24)29(36)37/h1-2,4-7,28H,3,8-22H2,(H,36,37)(H,38,39). The minimum atomic E-state index is -1.08. The molecule has 1 unspecified atom stereocenters. The normalized spacial score (nSPS) is 18.0. The number of hydrogen-bond acceptors (Lipinski definition) is 12. The second-order valence-electron chi connectivity index (χ2n) is 9.93. The molecule has 1 aliphatic heterocycles. The third kappa shape index (κ3) is 13.2. The molecule has 0 aliphatic carbocycles. The summed E-state index contributed by atoms with van der Waals surface area (Å²) in [5.74, 6) is -1.47. The first-order valence-electron chi connectivity index (χ1n) is 14.7. The lowest BCUT2D eigenvalue weighted by Gasteiger charge is -2.31. The van der Waals surface area contributed by atoms with Crippen LogP contribution in [0, 0.1) is 10.7 Å². The average Bonchev–Trinajstić information content (AvgIpc) is 3.02. The van der Waals surface area contributed by atoms with Crippen molar-refractivity contribution < 1.29 is 38.7 Å². The van der Waals surface area contributed by atoms with Crippen molar-refractivity contribution >= 4 is 23.7 Å². The zero-order chi connectivity index (χ0) is 31.4. The van der Waals surface area contributed by atoms with Gasteiger partial charge < -0.3 is 29.2 Å². The lowest BCUT2D eigenvalue weighted by Crippen LogP contribution is -2.36. The third-order valence-electron chi connectivity index (χ3n) is 6.87. The minimum absolute atomic E-state index is 0.00862. The van der Waals surface area contributed by atoms with Crippen LogP contribution in [0.25, 0.3) is 0 Å². The van der Waals surface area contributed by atoms with Gasteiger partial charge in [0.1, 0.15) is 16.8 Å². The number of carboxylic acids is 2. The Morgan fingerprint density at radius 2 is 1.36 bits per heavy atom. The molecule has 0 spiro atoms. The maximum atomic E-state index is 11.6. The first-order chi connectivity index (χ1) is 21.5. The van der Waals surface area contributed by atoms with Crippen LogP contribution >= 0.6 is 11.8 Å². The van der Waals surface area contributed by atoms with Gasteiger partial charge in [0.2, 0.25) is 0 Å². The largest absolute Gasteiger partial charge is 0.477 e. The van der Waals surface area contributed by atoms with Gasteiger partial charge in [-0.3, -0.25) is 9.80 Å². The van der Waals surface area contributed by atoms with E-state index in [-0.39, 0.29) is 17.4 Å². The molecule has 2 aromatic rings. The van der Waals surface area contributed by atoms with Crippen molar-refractivity contribution in [2.45, 2.75) is 25.4 Å². The summed E-state index contributed by atoms with van der Waals surface area (Å²) in [6.45, 7) is 6.29. The van der Waals surface area contributed by atoms with Gasteiger partial charge in [-0.2, -0.15) is 5.26 Å². The van der Waals surface area contributed by atoms with E-state index < -0.39 is 11.9 Å². The summed E-state index contributed by atoms with van der Waals surface area (Å²) in [7, 11) is 0. The topological polar surface area (TPSA) is 168 Å². The fraction of sp³-hybridized carbons (Fsp3) is 0.567. The highest BCUT2D eigenvalue weighted by Gasteiger charge is 2.23. The highest BCUT2D eigenvalue weighted by Crippen LogP contribution is 2.25. The number of aromatic carboxylic acids is 2. The summed E-state index contributed by atoms with van der Waals surface area (Å²) in [5, 5.41) is 29.8. The summed E-state index contributed by atoms with van der Waals surface area (Å²) in [4.78, 5) is 35.9. The van der Waals surface area contributed by atoms with Crippen LogP contribution in [0.1, 0.15) is 51.2 Å². The second-order valence-corrected chi connectivity index (χ2v) is 10.8. The Balaban J connectivity index is 1.59. The van der Waals surface area contributed by atoms with Crippen LogP contribution in [0.4, 0.5) is 0 Å².